The quantitative estimate of drug-likeness (QED) is 0.202. The first-order chi connectivity index (χ1) is 15.4. The summed E-state index contributed by atoms with van der Waals surface area (Å²) in [4.78, 5) is 11.5. The van der Waals surface area contributed by atoms with E-state index in [1.807, 2.05) is 11.1 Å². The fourth-order valence-corrected chi connectivity index (χ4v) is 8.70. The van der Waals surface area contributed by atoms with Crippen LogP contribution >= 0.6 is 0 Å². The van der Waals surface area contributed by atoms with Crippen molar-refractivity contribution in [1.29, 1.82) is 0 Å². The standard InChI is InChI=1S/C30H50O2/c1-5-6-7-8-9-10-11-12-23-14-16-27-26-15-13-24-21-25(32-22(2)31)17-19-30(24,4)28(26)18-20-29(23,27)3/h23-25,28H,5-21H2,1-4H3/t23-,24-,25-,28-,29+,30-/m0/s1. The van der Waals surface area contributed by atoms with Crippen molar-refractivity contribution < 1.29 is 9.53 Å². The summed E-state index contributed by atoms with van der Waals surface area (Å²) in [5.41, 5.74) is 4.77. The molecule has 0 heterocycles. The highest BCUT2D eigenvalue weighted by Gasteiger charge is 2.55. The van der Waals surface area contributed by atoms with Crippen LogP contribution in [0, 0.1) is 28.6 Å². The molecule has 4 rings (SSSR count). The molecular weight excluding hydrogens is 392 g/mol. The van der Waals surface area contributed by atoms with Gasteiger partial charge in [-0.25, -0.2) is 0 Å². The lowest BCUT2D eigenvalue weighted by atomic mass is 9.49. The van der Waals surface area contributed by atoms with E-state index < -0.39 is 0 Å². The minimum Gasteiger partial charge on any atom is -0.463 e. The van der Waals surface area contributed by atoms with Crippen molar-refractivity contribution in [2.75, 3.05) is 0 Å². The Bertz CT molecular complexity index is 693. The number of carbonyl (C=O) groups is 1. The number of rotatable bonds is 9. The molecule has 0 aromatic carbocycles. The maximum absolute atomic E-state index is 11.5. The van der Waals surface area contributed by atoms with Gasteiger partial charge in [0.05, 0.1) is 0 Å². The molecule has 2 heteroatoms. The van der Waals surface area contributed by atoms with Crippen molar-refractivity contribution >= 4 is 5.97 Å². The highest BCUT2D eigenvalue weighted by atomic mass is 16.5. The van der Waals surface area contributed by atoms with E-state index in [2.05, 4.69) is 20.8 Å². The van der Waals surface area contributed by atoms with Gasteiger partial charge < -0.3 is 4.74 Å². The number of fused-ring (bicyclic) bond motifs is 4. The van der Waals surface area contributed by atoms with E-state index in [-0.39, 0.29) is 12.1 Å². The lowest BCUT2D eigenvalue weighted by Gasteiger charge is -2.56. The summed E-state index contributed by atoms with van der Waals surface area (Å²) < 4.78 is 5.64. The predicted octanol–water partition coefficient (Wildman–Crippen LogP) is 8.78. The Morgan fingerprint density at radius 3 is 2.44 bits per heavy atom. The first kappa shape index (κ1) is 24.3. The van der Waals surface area contributed by atoms with E-state index in [4.69, 9.17) is 4.74 Å². The molecule has 3 fully saturated rings. The normalized spacial score (nSPS) is 38.8. The topological polar surface area (TPSA) is 26.3 Å². The Morgan fingerprint density at radius 2 is 1.69 bits per heavy atom. The van der Waals surface area contributed by atoms with Gasteiger partial charge in [-0.15, -0.1) is 0 Å². The van der Waals surface area contributed by atoms with Crippen molar-refractivity contribution in [3.63, 3.8) is 0 Å². The Morgan fingerprint density at radius 1 is 0.938 bits per heavy atom. The summed E-state index contributed by atoms with van der Waals surface area (Å²) in [6, 6.07) is 0. The first-order valence-electron chi connectivity index (χ1n) is 14.3. The summed E-state index contributed by atoms with van der Waals surface area (Å²) in [7, 11) is 0. The van der Waals surface area contributed by atoms with E-state index in [0.717, 1.165) is 30.6 Å². The molecule has 0 saturated heterocycles. The molecule has 0 spiro atoms. The van der Waals surface area contributed by atoms with Crippen molar-refractivity contribution in [2.24, 2.45) is 28.6 Å². The molecule has 4 aliphatic carbocycles. The lowest BCUT2D eigenvalue weighted by molar-refractivity contribution is -0.152. The number of unbranched alkanes of at least 4 members (excludes halogenated alkanes) is 6. The van der Waals surface area contributed by atoms with Gasteiger partial charge in [-0.1, -0.05) is 76.9 Å². The maximum atomic E-state index is 11.5. The Kier molecular flexibility index (Phi) is 7.78. The van der Waals surface area contributed by atoms with Crippen LogP contribution in [0.3, 0.4) is 0 Å². The van der Waals surface area contributed by atoms with Gasteiger partial charge in [0.15, 0.2) is 0 Å². The first-order valence-corrected chi connectivity index (χ1v) is 14.3. The van der Waals surface area contributed by atoms with Crippen LogP contribution in [-0.2, 0) is 9.53 Å². The predicted molar refractivity (Wildman–Crippen MR) is 133 cm³/mol. The zero-order chi connectivity index (χ0) is 22.8. The Balaban J connectivity index is 1.38. The number of esters is 1. The molecule has 182 valence electrons. The third-order valence-electron chi connectivity index (χ3n) is 10.6. The molecule has 0 aromatic rings. The molecule has 3 saturated carbocycles. The van der Waals surface area contributed by atoms with Crippen molar-refractivity contribution in [3.8, 4) is 0 Å². The van der Waals surface area contributed by atoms with Crippen molar-refractivity contribution in [3.05, 3.63) is 11.1 Å². The van der Waals surface area contributed by atoms with E-state index in [9.17, 15) is 4.79 Å². The Labute approximate surface area is 198 Å². The number of allylic oxidation sites excluding steroid dienone is 2. The number of hydrogen-bond donors (Lipinski definition) is 0. The van der Waals surface area contributed by atoms with Gasteiger partial charge >= 0.3 is 5.97 Å². The molecule has 0 aliphatic heterocycles. The molecular formula is C30H50O2. The molecule has 32 heavy (non-hydrogen) atoms. The van der Waals surface area contributed by atoms with Crippen LogP contribution in [0.1, 0.15) is 137 Å². The summed E-state index contributed by atoms with van der Waals surface area (Å²) in [6.07, 6.45) is 23.4. The largest absolute Gasteiger partial charge is 0.463 e. The van der Waals surface area contributed by atoms with E-state index in [1.54, 1.807) is 6.92 Å². The van der Waals surface area contributed by atoms with Crippen LogP contribution < -0.4 is 0 Å². The SMILES string of the molecule is CCCCCCCCC[C@H]1CCC2=C3CC[C@H]4C[C@@H](OC(C)=O)CC[C@]4(C)[C@H]3CC[C@@]21C. The van der Waals surface area contributed by atoms with Gasteiger partial charge in [0.1, 0.15) is 6.10 Å². The molecule has 0 aromatic heterocycles. The van der Waals surface area contributed by atoms with Crippen LogP contribution in [0.25, 0.3) is 0 Å². The molecule has 0 amide bonds. The van der Waals surface area contributed by atoms with Crippen LogP contribution in [-0.4, -0.2) is 12.1 Å². The third kappa shape index (κ3) is 4.72. The molecule has 0 radical (unpaired) electrons. The average Bonchev–Trinajstić information content (AvgIpc) is 3.09. The minimum atomic E-state index is -0.0939. The molecule has 0 unspecified atom stereocenters. The smallest absolute Gasteiger partial charge is 0.302 e. The van der Waals surface area contributed by atoms with Crippen LogP contribution in [0.15, 0.2) is 11.1 Å². The molecule has 0 N–H and O–H groups in total. The second kappa shape index (κ2) is 10.2. The van der Waals surface area contributed by atoms with E-state index in [0.29, 0.717) is 10.8 Å². The number of hydrogen-bond acceptors (Lipinski definition) is 2. The second-order valence-electron chi connectivity index (χ2n) is 12.4. The monoisotopic (exact) mass is 442 g/mol. The molecule has 6 atom stereocenters. The summed E-state index contributed by atoms with van der Waals surface area (Å²) >= 11 is 0. The van der Waals surface area contributed by atoms with Gasteiger partial charge in [0, 0.05) is 6.92 Å². The summed E-state index contributed by atoms with van der Waals surface area (Å²) in [5.74, 6) is 2.39. The zero-order valence-electron chi connectivity index (χ0n) is 21.6. The number of ether oxygens (including phenoxy) is 1. The van der Waals surface area contributed by atoms with Crippen LogP contribution in [0.2, 0.25) is 0 Å². The Hall–Kier alpha value is -0.790. The number of carbonyl (C=O) groups excluding carboxylic acids is 1. The highest BCUT2D eigenvalue weighted by molar-refractivity contribution is 5.66. The van der Waals surface area contributed by atoms with Crippen LogP contribution in [0.5, 0.6) is 0 Å². The molecule has 0 bridgehead atoms. The molecule has 2 nitrogen and oxygen atoms in total. The summed E-state index contributed by atoms with van der Waals surface area (Å²) in [6.45, 7) is 9.13. The zero-order valence-corrected chi connectivity index (χ0v) is 21.6. The second-order valence-corrected chi connectivity index (χ2v) is 12.4. The molecule has 4 aliphatic rings. The minimum absolute atomic E-state index is 0.0939. The fraction of sp³-hybridized carbons (Fsp3) is 0.900. The third-order valence-corrected chi connectivity index (χ3v) is 10.6. The lowest BCUT2D eigenvalue weighted by Crippen LogP contribution is -2.48. The van der Waals surface area contributed by atoms with Gasteiger partial charge in [0.25, 0.3) is 0 Å². The van der Waals surface area contributed by atoms with Gasteiger partial charge in [0.2, 0.25) is 0 Å². The van der Waals surface area contributed by atoms with Gasteiger partial charge in [-0.3, -0.25) is 4.79 Å². The maximum Gasteiger partial charge on any atom is 0.302 e. The van der Waals surface area contributed by atoms with Crippen molar-refractivity contribution in [1.82, 2.24) is 0 Å². The van der Waals surface area contributed by atoms with E-state index in [1.165, 1.54) is 96.3 Å². The van der Waals surface area contributed by atoms with Crippen LogP contribution in [0.4, 0.5) is 0 Å². The van der Waals surface area contributed by atoms with Crippen molar-refractivity contribution in [2.45, 2.75) is 143 Å². The van der Waals surface area contributed by atoms with Gasteiger partial charge in [-0.05, 0) is 92.8 Å². The summed E-state index contributed by atoms with van der Waals surface area (Å²) in [5, 5.41) is 0. The van der Waals surface area contributed by atoms with Gasteiger partial charge in [-0.2, -0.15) is 0 Å². The highest BCUT2D eigenvalue weighted by Crippen LogP contribution is 2.65. The van der Waals surface area contributed by atoms with E-state index >= 15 is 0 Å². The fourth-order valence-electron chi connectivity index (χ4n) is 8.70. The average molecular weight is 443 g/mol.